The van der Waals surface area contributed by atoms with Crippen LogP contribution in [0, 0.1) is 6.92 Å². The third-order valence-electron chi connectivity index (χ3n) is 9.65. The van der Waals surface area contributed by atoms with Crippen LogP contribution in [0.15, 0.2) is 280 Å². The van der Waals surface area contributed by atoms with Gasteiger partial charge in [-0.15, -0.1) is 22.7 Å². The van der Waals surface area contributed by atoms with Gasteiger partial charge in [-0.3, -0.25) is 0 Å². The second kappa shape index (κ2) is 34.0. The van der Waals surface area contributed by atoms with Crippen LogP contribution in [0.1, 0.15) is 4.88 Å². The summed E-state index contributed by atoms with van der Waals surface area (Å²) >= 11 is 6.08. The molecule has 8 aromatic carbocycles. The molecule has 10 rings (SSSR count). The van der Waals surface area contributed by atoms with Gasteiger partial charge in [0.25, 0.3) is 0 Å². The maximum atomic E-state index is 12.2. The van der Waals surface area contributed by atoms with Crippen LogP contribution in [0.3, 0.4) is 0 Å². The van der Waals surface area contributed by atoms with E-state index in [1.165, 1.54) is 66.2 Å². The van der Waals surface area contributed by atoms with Gasteiger partial charge in [-0.2, -0.15) is 26.3 Å². The molecule has 0 saturated carbocycles. The first-order chi connectivity index (χ1) is 36.2. The molecule has 0 aliphatic heterocycles. The Morgan fingerprint density at radius 3 is 0.987 bits per heavy atom. The van der Waals surface area contributed by atoms with Gasteiger partial charge in [-0.05, 0) is 137 Å². The van der Waals surface area contributed by atoms with Crippen molar-refractivity contribution in [3.63, 3.8) is 0 Å². The molecule has 2 heterocycles. The van der Waals surface area contributed by atoms with Gasteiger partial charge in [0.2, 0.25) is 0 Å². The molecule has 0 nitrogen and oxygen atoms in total. The van der Waals surface area contributed by atoms with E-state index < -0.39 is 26.9 Å². The first-order valence-corrected chi connectivity index (χ1v) is 33.2. The summed E-state index contributed by atoms with van der Waals surface area (Å²) in [6.45, 7) is 2.10. The van der Waals surface area contributed by atoms with E-state index in [2.05, 4.69) is 222 Å². The molecule has 0 saturated heterocycles. The molecule has 0 radical (unpaired) electrons. The van der Waals surface area contributed by atoms with Crippen LogP contribution in [-0.4, -0.2) is 11.0 Å². The van der Waals surface area contributed by atoms with E-state index in [1.54, 1.807) is 35.6 Å². The average Bonchev–Trinajstić information content (AvgIpc) is 4.14. The molecule has 0 spiro atoms. The number of alkyl halides is 6. The number of rotatable bonds is 9. The molecule has 0 fully saturated rings. The van der Waals surface area contributed by atoms with E-state index in [0.717, 1.165) is 10.4 Å². The van der Waals surface area contributed by atoms with Gasteiger partial charge in [0.1, 0.15) is 0 Å². The molecule has 0 aliphatic carbocycles. The fourth-order valence-electron chi connectivity index (χ4n) is 6.67. The molecular weight excluding hydrogens is 1270 g/mol. The van der Waals surface area contributed by atoms with E-state index in [-0.39, 0.29) is 49.3 Å². The Labute approximate surface area is 479 Å². The number of halogens is 9. The molecular formula is C59H47BrCl2F6P2PdS4. The maximum Gasteiger partial charge on any atom is -0.0134 e. The predicted molar refractivity (Wildman–Crippen MR) is 319 cm³/mol. The van der Waals surface area contributed by atoms with Gasteiger partial charge >= 0.3 is 46.0 Å². The monoisotopic (exact) mass is 1310 g/mol. The first kappa shape index (κ1) is 61.9. The van der Waals surface area contributed by atoms with Crippen molar-refractivity contribution in [3.05, 3.63) is 275 Å². The number of thioether (sulfide) groups is 2. The SMILES string of the molecule is Cc1cccs1.FC(F)(F)Sc1cccc(-c2cccs2)c1.FC(F)(F)Sc1cccc(Br)c1.[Cl][Pd][Cl].c1ccc(P(c2ccccc2)c2ccccc2)cc1.c1ccc(P(c2ccccc2)c2ccccc2)cc1. The van der Waals surface area contributed by atoms with Crippen LogP contribution < -0.4 is 31.8 Å². The van der Waals surface area contributed by atoms with Gasteiger partial charge in [-0.1, -0.05) is 228 Å². The third kappa shape index (κ3) is 24.1. The van der Waals surface area contributed by atoms with Crippen molar-refractivity contribution < 1.29 is 42.3 Å². The number of thiophene rings is 2. The normalized spacial score (nSPS) is 10.7. The number of hydrogen-bond acceptors (Lipinski definition) is 4. The van der Waals surface area contributed by atoms with E-state index >= 15 is 0 Å². The predicted octanol–water partition coefficient (Wildman–Crippen LogP) is 19.4. The van der Waals surface area contributed by atoms with Gasteiger partial charge in [0, 0.05) is 24.0 Å². The van der Waals surface area contributed by atoms with Crippen molar-refractivity contribution >= 4 is 129 Å². The number of benzene rings is 8. The van der Waals surface area contributed by atoms with Crippen LogP contribution in [0.5, 0.6) is 0 Å². The molecule has 0 amide bonds. The molecule has 0 bridgehead atoms. The quantitative estimate of drug-likeness (QED) is 0.0611. The molecule has 2 aromatic heterocycles. The van der Waals surface area contributed by atoms with Crippen molar-refractivity contribution in [1.29, 1.82) is 0 Å². The zero-order valence-corrected chi connectivity index (χ0v) is 49.4. The summed E-state index contributed by atoms with van der Waals surface area (Å²) in [5, 5.41) is 12.4. The molecule has 75 heavy (non-hydrogen) atoms. The Kier molecular flexibility index (Phi) is 28.1. The number of hydrogen-bond donors (Lipinski definition) is 0. The summed E-state index contributed by atoms with van der Waals surface area (Å²) in [5.41, 5.74) is -7.61. The van der Waals surface area contributed by atoms with Crippen LogP contribution in [0.2, 0.25) is 0 Å². The topological polar surface area (TPSA) is 0 Å². The minimum Gasteiger partial charge on any atom is -0.0622 e. The van der Waals surface area contributed by atoms with Crippen molar-refractivity contribution in [2.75, 3.05) is 0 Å². The average molecular weight is 1320 g/mol. The first-order valence-electron chi connectivity index (χ1n) is 22.4. The van der Waals surface area contributed by atoms with Crippen molar-refractivity contribution in [1.82, 2.24) is 0 Å². The fraction of sp³-hybridized carbons (Fsp3) is 0.0508. The summed E-state index contributed by atoms with van der Waals surface area (Å²) in [5.74, 6) is 0. The minimum atomic E-state index is -4.23. The number of aryl methyl sites for hydroxylation is 1. The molecule has 0 N–H and O–H groups in total. The maximum absolute atomic E-state index is 12.2. The second-order valence-corrected chi connectivity index (χ2v) is 27.1. The van der Waals surface area contributed by atoms with Crippen molar-refractivity contribution in [2.24, 2.45) is 0 Å². The molecule has 0 atom stereocenters. The third-order valence-corrected chi connectivity index (χ3v) is 18.2. The van der Waals surface area contributed by atoms with Crippen molar-refractivity contribution in [3.8, 4) is 10.4 Å². The van der Waals surface area contributed by atoms with E-state index in [1.807, 2.05) is 23.6 Å². The standard InChI is InChI=1S/2C18H15P.C11H7F3S2.C7H4BrF3S.C5H6S.2ClH.Pd/c2*1-4-10-16(11-5-1)19(17-12-6-2-7-13-17)18-14-8-3-9-15-18;12-11(13,14)16-9-4-1-3-8(7-9)10-5-2-6-15-10;8-5-2-1-3-6(4-5)12-7(9,10)11;1-5-3-2-4-6-5;;;/h2*1-15H;1-7H;1-4H;2-4H,1H3;2*1H;/q;;;;;;;+2/p-2. The van der Waals surface area contributed by atoms with E-state index in [9.17, 15) is 26.3 Å². The Bertz CT molecular complexity index is 2740. The van der Waals surface area contributed by atoms with Crippen LogP contribution in [0.4, 0.5) is 26.3 Å². The summed E-state index contributed by atoms with van der Waals surface area (Å²) in [7, 11) is 8.74. The molecule has 0 aliphatic rings. The molecule has 10 aromatic rings. The summed E-state index contributed by atoms with van der Waals surface area (Å²) < 4.78 is 72.7. The summed E-state index contributed by atoms with van der Waals surface area (Å²) in [6, 6.07) is 85.2. The van der Waals surface area contributed by atoms with Gasteiger partial charge in [0.15, 0.2) is 0 Å². The Morgan fingerprint density at radius 2 is 0.720 bits per heavy atom. The van der Waals surface area contributed by atoms with E-state index in [0.29, 0.717) is 4.47 Å². The van der Waals surface area contributed by atoms with Crippen molar-refractivity contribution in [2.45, 2.75) is 27.7 Å². The molecule has 390 valence electrons. The van der Waals surface area contributed by atoms with E-state index in [4.69, 9.17) is 19.1 Å². The second-order valence-electron chi connectivity index (χ2n) is 15.0. The largest absolute Gasteiger partial charge is 0.0622 e. The van der Waals surface area contributed by atoms with Crippen LogP contribution >= 0.6 is 97.0 Å². The summed E-state index contributed by atoms with van der Waals surface area (Å²) in [4.78, 5) is 2.77. The van der Waals surface area contributed by atoms with Crippen LogP contribution in [-0.2, 0) is 15.9 Å². The summed E-state index contributed by atoms with van der Waals surface area (Å²) in [6.07, 6.45) is 0. The van der Waals surface area contributed by atoms with Gasteiger partial charge in [0.05, 0.1) is 0 Å². The molecule has 0 unspecified atom stereocenters. The zero-order chi connectivity index (χ0) is 53.7. The van der Waals surface area contributed by atoms with Crippen LogP contribution in [0.25, 0.3) is 10.4 Å². The fourth-order valence-corrected chi connectivity index (χ4v) is 14.3. The minimum absolute atomic E-state index is 0.0832. The Morgan fingerprint density at radius 1 is 0.400 bits per heavy atom. The van der Waals surface area contributed by atoms with Gasteiger partial charge < -0.3 is 0 Å². The molecule has 16 heteroatoms. The Hall–Kier alpha value is -3.98. The Balaban J connectivity index is 0.000000177. The smallest absolute Gasteiger partial charge is 0.0134 e. The van der Waals surface area contributed by atoms with Gasteiger partial charge in [-0.25, -0.2) is 0 Å². The zero-order valence-electron chi connectivity index (χ0n) is 39.6.